The second kappa shape index (κ2) is 5.69. The van der Waals surface area contributed by atoms with Gasteiger partial charge in [0, 0.05) is 14.1 Å². The van der Waals surface area contributed by atoms with E-state index in [9.17, 15) is 8.42 Å². The van der Waals surface area contributed by atoms with Crippen molar-refractivity contribution in [2.75, 3.05) is 23.7 Å². The number of hydrogen-bond donors (Lipinski definition) is 1. The summed E-state index contributed by atoms with van der Waals surface area (Å²) in [6.07, 6.45) is 2.90. The second-order valence-electron chi connectivity index (χ2n) is 5.04. The number of benzene rings is 1. The van der Waals surface area contributed by atoms with E-state index in [2.05, 4.69) is 14.7 Å². The van der Waals surface area contributed by atoms with Crippen LogP contribution < -0.4 is 9.62 Å². The molecule has 6 nitrogen and oxygen atoms in total. The van der Waals surface area contributed by atoms with E-state index in [1.54, 1.807) is 24.0 Å². The average molecular weight is 306 g/mol. The first kappa shape index (κ1) is 15.2. The highest BCUT2D eigenvalue weighted by atomic mass is 32.2. The van der Waals surface area contributed by atoms with E-state index in [0.29, 0.717) is 17.2 Å². The van der Waals surface area contributed by atoms with Crippen molar-refractivity contribution in [1.29, 1.82) is 0 Å². The Hall–Kier alpha value is -2.15. The number of sulfonamides is 1. The van der Waals surface area contributed by atoms with E-state index >= 15 is 0 Å². The third-order valence-electron chi connectivity index (χ3n) is 2.92. The van der Waals surface area contributed by atoms with Crippen molar-refractivity contribution in [3.63, 3.8) is 0 Å². The van der Waals surface area contributed by atoms with Gasteiger partial charge < -0.3 is 4.90 Å². The second-order valence-corrected chi connectivity index (χ2v) is 6.69. The number of aryl methyl sites for hydroxylation is 2. The van der Waals surface area contributed by atoms with Gasteiger partial charge in [0.05, 0.1) is 23.0 Å². The molecule has 21 heavy (non-hydrogen) atoms. The molecule has 0 spiro atoms. The molecule has 2 rings (SSSR count). The molecule has 0 fully saturated rings. The zero-order chi connectivity index (χ0) is 15.6. The first-order chi connectivity index (χ1) is 9.79. The minimum Gasteiger partial charge on any atom is -0.347 e. The molecule has 112 valence electrons. The van der Waals surface area contributed by atoms with E-state index in [4.69, 9.17) is 0 Å². The molecule has 0 radical (unpaired) electrons. The van der Waals surface area contributed by atoms with Crippen LogP contribution in [0.1, 0.15) is 11.1 Å². The first-order valence-electron chi connectivity index (χ1n) is 6.39. The molecule has 1 aromatic heterocycles. The van der Waals surface area contributed by atoms with Crippen LogP contribution in [0.4, 0.5) is 11.6 Å². The van der Waals surface area contributed by atoms with Crippen LogP contribution in [-0.4, -0.2) is 32.5 Å². The summed E-state index contributed by atoms with van der Waals surface area (Å²) in [5.74, 6) is 0.518. The summed E-state index contributed by atoms with van der Waals surface area (Å²) in [5, 5.41) is 0. The van der Waals surface area contributed by atoms with Crippen LogP contribution >= 0.6 is 0 Å². The standard InChI is InChI=1S/C14H18N4O2S/c1-10-5-6-11(2)13(7-10)21(19,20)17-12-8-15-14(16-9-12)18(3)4/h5-9,17H,1-4H3. The summed E-state index contributed by atoms with van der Waals surface area (Å²) in [7, 11) is -0.0137. The van der Waals surface area contributed by atoms with E-state index in [0.717, 1.165) is 5.56 Å². The predicted molar refractivity (Wildman–Crippen MR) is 83.1 cm³/mol. The van der Waals surface area contributed by atoms with E-state index in [1.807, 2.05) is 27.1 Å². The Labute approximate surface area is 124 Å². The molecule has 0 aliphatic rings. The lowest BCUT2D eigenvalue weighted by molar-refractivity contribution is 0.600. The molecule has 0 atom stereocenters. The van der Waals surface area contributed by atoms with Gasteiger partial charge in [-0.15, -0.1) is 0 Å². The largest absolute Gasteiger partial charge is 0.347 e. The van der Waals surface area contributed by atoms with Crippen molar-refractivity contribution >= 4 is 21.7 Å². The highest BCUT2D eigenvalue weighted by molar-refractivity contribution is 7.92. The molecule has 0 unspecified atom stereocenters. The van der Waals surface area contributed by atoms with Crippen molar-refractivity contribution in [1.82, 2.24) is 9.97 Å². The maximum Gasteiger partial charge on any atom is 0.262 e. The number of hydrogen-bond acceptors (Lipinski definition) is 5. The van der Waals surface area contributed by atoms with Gasteiger partial charge in [0.25, 0.3) is 10.0 Å². The van der Waals surface area contributed by atoms with Crippen molar-refractivity contribution in [2.24, 2.45) is 0 Å². The Morgan fingerprint density at radius 2 is 1.71 bits per heavy atom. The van der Waals surface area contributed by atoms with Gasteiger partial charge in [-0.25, -0.2) is 18.4 Å². The molecule has 0 bridgehead atoms. The van der Waals surface area contributed by atoms with Gasteiger partial charge in [-0.3, -0.25) is 4.72 Å². The monoisotopic (exact) mass is 306 g/mol. The Morgan fingerprint density at radius 1 is 1.10 bits per heavy atom. The molecule has 2 aromatic rings. The zero-order valence-electron chi connectivity index (χ0n) is 12.5. The van der Waals surface area contributed by atoms with Crippen LogP contribution in [0.2, 0.25) is 0 Å². The Bertz CT molecular complexity index is 740. The van der Waals surface area contributed by atoms with Gasteiger partial charge in [0.15, 0.2) is 0 Å². The summed E-state index contributed by atoms with van der Waals surface area (Å²) in [4.78, 5) is 10.2. The van der Waals surface area contributed by atoms with Crippen molar-refractivity contribution in [2.45, 2.75) is 18.7 Å². The van der Waals surface area contributed by atoms with Gasteiger partial charge in [-0.1, -0.05) is 12.1 Å². The topological polar surface area (TPSA) is 75.2 Å². The smallest absolute Gasteiger partial charge is 0.262 e. The van der Waals surface area contributed by atoms with Gasteiger partial charge >= 0.3 is 0 Å². The lowest BCUT2D eigenvalue weighted by Gasteiger charge is -2.12. The van der Waals surface area contributed by atoms with Crippen LogP contribution in [-0.2, 0) is 10.0 Å². The fourth-order valence-electron chi connectivity index (χ4n) is 1.81. The van der Waals surface area contributed by atoms with Gasteiger partial charge in [0.2, 0.25) is 5.95 Å². The number of rotatable bonds is 4. The molecule has 0 aliphatic heterocycles. The molecule has 1 N–H and O–H groups in total. The quantitative estimate of drug-likeness (QED) is 0.934. The fraction of sp³-hybridized carbons (Fsp3) is 0.286. The third kappa shape index (κ3) is 3.49. The molecule has 1 heterocycles. The maximum atomic E-state index is 12.4. The normalized spacial score (nSPS) is 11.2. The lowest BCUT2D eigenvalue weighted by Crippen LogP contribution is -2.16. The third-order valence-corrected chi connectivity index (χ3v) is 4.45. The lowest BCUT2D eigenvalue weighted by atomic mass is 10.2. The van der Waals surface area contributed by atoms with Gasteiger partial charge in [-0.2, -0.15) is 0 Å². The van der Waals surface area contributed by atoms with Gasteiger partial charge in [-0.05, 0) is 31.0 Å². The zero-order valence-corrected chi connectivity index (χ0v) is 13.3. The molecular formula is C14H18N4O2S. The number of nitrogens with one attached hydrogen (secondary N) is 1. The van der Waals surface area contributed by atoms with Crippen LogP contribution in [0, 0.1) is 13.8 Å². The Balaban J connectivity index is 2.31. The van der Waals surface area contributed by atoms with Crippen molar-refractivity contribution in [3.05, 3.63) is 41.7 Å². The van der Waals surface area contributed by atoms with Crippen molar-refractivity contribution < 1.29 is 8.42 Å². The molecule has 0 saturated carbocycles. The fourth-order valence-corrected chi connectivity index (χ4v) is 3.17. The van der Waals surface area contributed by atoms with Crippen LogP contribution in [0.15, 0.2) is 35.5 Å². The summed E-state index contributed by atoms with van der Waals surface area (Å²) >= 11 is 0. The summed E-state index contributed by atoms with van der Waals surface area (Å²) in [6.45, 7) is 3.62. The Kier molecular flexibility index (Phi) is 4.13. The molecule has 1 aromatic carbocycles. The minimum absolute atomic E-state index is 0.263. The predicted octanol–water partition coefficient (Wildman–Crippen LogP) is 1.96. The van der Waals surface area contributed by atoms with Gasteiger partial charge in [0.1, 0.15) is 0 Å². The summed E-state index contributed by atoms with van der Waals surface area (Å²) in [6, 6.07) is 5.31. The van der Waals surface area contributed by atoms with Crippen LogP contribution in [0.25, 0.3) is 0 Å². The minimum atomic E-state index is -3.64. The SMILES string of the molecule is Cc1ccc(C)c(S(=O)(=O)Nc2cnc(N(C)C)nc2)c1. The Morgan fingerprint density at radius 3 is 2.29 bits per heavy atom. The van der Waals surface area contributed by atoms with Crippen LogP contribution in [0.5, 0.6) is 0 Å². The van der Waals surface area contributed by atoms with E-state index in [1.165, 1.54) is 12.4 Å². The first-order valence-corrected chi connectivity index (χ1v) is 7.87. The number of anilines is 2. The summed E-state index contributed by atoms with van der Waals surface area (Å²) < 4.78 is 27.3. The maximum absolute atomic E-state index is 12.4. The number of nitrogens with zero attached hydrogens (tertiary/aromatic N) is 3. The molecule has 7 heteroatoms. The van der Waals surface area contributed by atoms with Crippen molar-refractivity contribution in [3.8, 4) is 0 Å². The highest BCUT2D eigenvalue weighted by Crippen LogP contribution is 2.20. The highest BCUT2D eigenvalue weighted by Gasteiger charge is 2.17. The average Bonchev–Trinajstić information content (AvgIpc) is 2.41. The molecular weight excluding hydrogens is 288 g/mol. The van der Waals surface area contributed by atoms with E-state index in [-0.39, 0.29) is 4.90 Å². The summed E-state index contributed by atoms with van der Waals surface area (Å²) in [5.41, 5.74) is 1.92. The molecule has 0 amide bonds. The van der Waals surface area contributed by atoms with Crippen LogP contribution in [0.3, 0.4) is 0 Å². The number of aromatic nitrogens is 2. The molecule has 0 aliphatic carbocycles. The van der Waals surface area contributed by atoms with E-state index < -0.39 is 10.0 Å². The molecule has 0 saturated heterocycles.